The first-order valence-corrected chi connectivity index (χ1v) is 8.90. The number of anilines is 2. The Kier molecular flexibility index (Phi) is 4.67. The SMILES string of the molecule is Bc1cccc(Nc2[nH]nc3c2Cc2cc(OCCCOC)ccc2-3)c1. The highest BCUT2D eigenvalue weighted by atomic mass is 16.5. The second kappa shape index (κ2) is 7.26. The van der Waals surface area contributed by atoms with Crippen LogP contribution in [0.5, 0.6) is 5.75 Å². The Morgan fingerprint density at radius 2 is 2.12 bits per heavy atom. The second-order valence-electron chi connectivity index (χ2n) is 6.61. The number of methoxy groups -OCH3 is 1. The molecular formula is C20H22BN3O2. The van der Waals surface area contributed by atoms with Crippen molar-refractivity contribution >= 4 is 24.8 Å². The molecule has 4 rings (SSSR count). The molecule has 0 amide bonds. The van der Waals surface area contributed by atoms with E-state index in [2.05, 4.69) is 59.8 Å². The average molecular weight is 347 g/mol. The summed E-state index contributed by atoms with van der Waals surface area (Å²) in [4.78, 5) is 0. The van der Waals surface area contributed by atoms with Gasteiger partial charge in [-0.2, -0.15) is 5.10 Å². The van der Waals surface area contributed by atoms with Crippen LogP contribution in [-0.4, -0.2) is 38.4 Å². The fourth-order valence-electron chi connectivity index (χ4n) is 3.35. The minimum Gasteiger partial charge on any atom is -0.493 e. The Morgan fingerprint density at radius 1 is 1.19 bits per heavy atom. The lowest BCUT2D eigenvalue weighted by atomic mass is 9.96. The lowest BCUT2D eigenvalue weighted by Gasteiger charge is -2.08. The highest BCUT2D eigenvalue weighted by molar-refractivity contribution is 6.32. The number of hydrogen-bond donors (Lipinski definition) is 2. The minimum atomic E-state index is 0.665. The predicted molar refractivity (Wildman–Crippen MR) is 107 cm³/mol. The fourth-order valence-corrected chi connectivity index (χ4v) is 3.35. The van der Waals surface area contributed by atoms with Gasteiger partial charge in [-0.1, -0.05) is 17.6 Å². The number of rotatable bonds is 7. The summed E-state index contributed by atoms with van der Waals surface area (Å²) in [7, 11) is 3.80. The first-order valence-electron chi connectivity index (χ1n) is 8.90. The van der Waals surface area contributed by atoms with E-state index in [1.807, 2.05) is 6.07 Å². The van der Waals surface area contributed by atoms with Gasteiger partial charge in [0.2, 0.25) is 0 Å². The summed E-state index contributed by atoms with van der Waals surface area (Å²) in [5.41, 5.74) is 6.96. The highest BCUT2D eigenvalue weighted by Crippen LogP contribution is 2.40. The molecule has 6 heteroatoms. The second-order valence-corrected chi connectivity index (χ2v) is 6.61. The van der Waals surface area contributed by atoms with Crippen LogP contribution in [-0.2, 0) is 11.2 Å². The van der Waals surface area contributed by atoms with Crippen molar-refractivity contribution in [3.05, 3.63) is 53.6 Å². The molecule has 26 heavy (non-hydrogen) atoms. The van der Waals surface area contributed by atoms with E-state index in [-0.39, 0.29) is 0 Å². The molecule has 0 spiro atoms. The predicted octanol–water partition coefficient (Wildman–Crippen LogP) is 2.40. The quantitative estimate of drug-likeness (QED) is 0.398. The van der Waals surface area contributed by atoms with Crippen molar-refractivity contribution in [3.8, 4) is 17.0 Å². The normalized spacial score (nSPS) is 11.9. The van der Waals surface area contributed by atoms with E-state index >= 15 is 0 Å². The molecule has 0 bridgehead atoms. The van der Waals surface area contributed by atoms with Crippen LogP contribution in [0.3, 0.4) is 0 Å². The molecule has 5 nitrogen and oxygen atoms in total. The maximum Gasteiger partial charge on any atom is 0.139 e. The van der Waals surface area contributed by atoms with Crippen molar-refractivity contribution in [2.75, 3.05) is 25.6 Å². The summed E-state index contributed by atoms with van der Waals surface area (Å²) in [5.74, 6) is 1.87. The van der Waals surface area contributed by atoms with Gasteiger partial charge < -0.3 is 14.8 Å². The van der Waals surface area contributed by atoms with Gasteiger partial charge in [0.1, 0.15) is 19.4 Å². The third-order valence-corrected chi connectivity index (χ3v) is 4.62. The van der Waals surface area contributed by atoms with Gasteiger partial charge in [0.05, 0.1) is 12.3 Å². The highest BCUT2D eigenvalue weighted by Gasteiger charge is 2.25. The first kappa shape index (κ1) is 16.7. The van der Waals surface area contributed by atoms with E-state index in [0.717, 1.165) is 35.8 Å². The van der Waals surface area contributed by atoms with Crippen LogP contribution in [0.4, 0.5) is 11.5 Å². The Labute approximate surface area is 154 Å². The summed E-state index contributed by atoms with van der Waals surface area (Å²) in [6.45, 7) is 1.38. The molecule has 1 heterocycles. The van der Waals surface area contributed by atoms with Crippen LogP contribution in [0.1, 0.15) is 17.5 Å². The van der Waals surface area contributed by atoms with E-state index in [1.54, 1.807) is 7.11 Å². The van der Waals surface area contributed by atoms with Crippen LogP contribution in [0.2, 0.25) is 0 Å². The molecule has 132 valence electrons. The van der Waals surface area contributed by atoms with Gasteiger partial charge in [0.25, 0.3) is 0 Å². The van der Waals surface area contributed by atoms with Gasteiger partial charge in [0.15, 0.2) is 0 Å². The summed E-state index contributed by atoms with van der Waals surface area (Å²) in [6.07, 6.45) is 1.74. The number of nitrogens with zero attached hydrogens (tertiary/aromatic N) is 1. The number of ether oxygens (including phenoxy) is 2. The number of H-pyrrole nitrogens is 1. The van der Waals surface area contributed by atoms with Crippen molar-refractivity contribution < 1.29 is 9.47 Å². The van der Waals surface area contributed by atoms with Crippen molar-refractivity contribution in [1.29, 1.82) is 0 Å². The molecule has 2 N–H and O–H groups in total. The molecule has 3 aromatic rings. The zero-order valence-corrected chi connectivity index (χ0v) is 15.1. The number of nitrogens with one attached hydrogen (secondary N) is 2. The Bertz CT molecular complexity index is 923. The Hall–Kier alpha value is -2.73. The maximum absolute atomic E-state index is 5.82. The molecule has 0 saturated carbocycles. The molecule has 0 unspecified atom stereocenters. The van der Waals surface area contributed by atoms with Gasteiger partial charge in [-0.3, -0.25) is 5.10 Å². The largest absolute Gasteiger partial charge is 0.493 e. The summed E-state index contributed by atoms with van der Waals surface area (Å²) < 4.78 is 10.9. The molecular weight excluding hydrogens is 325 g/mol. The molecule has 1 aliphatic carbocycles. The Balaban J connectivity index is 1.50. The van der Waals surface area contributed by atoms with Crippen LogP contribution < -0.4 is 15.5 Å². The molecule has 2 aromatic carbocycles. The van der Waals surface area contributed by atoms with Gasteiger partial charge in [0, 0.05) is 43.4 Å². The van der Waals surface area contributed by atoms with E-state index in [4.69, 9.17) is 9.47 Å². The van der Waals surface area contributed by atoms with Crippen LogP contribution >= 0.6 is 0 Å². The fraction of sp³-hybridized carbons (Fsp3) is 0.250. The third-order valence-electron chi connectivity index (χ3n) is 4.62. The summed E-state index contributed by atoms with van der Waals surface area (Å²) >= 11 is 0. The minimum absolute atomic E-state index is 0.665. The number of fused-ring (bicyclic) bond motifs is 3. The van der Waals surface area contributed by atoms with E-state index in [1.165, 1.54) is 22.2 Å². The van der Waals surface area contributed by atoms with Gasteiger partial charge in [-0.05, 0) is 35.9 Å². The third kappa shape index (κ3) is 3.33. The van der Waals surface area contributed by atoms with Crippen LogP contribution in [0.25, 0.3) is 11.3 Å². The van der Waals surface area contributed by atoms with Gasteiger partial charge >= 0.3 is 0 Å². The number of aromatic amines is 1. The van der Waals surface area contributed by atoms with Crippen molar-refractivity contribution in [2.24, 2.45) is 0 Å². The standard InChI is InChI=1S/C20H22BN3O2/c1-25-8-3-9-26-16-6-7-17-13(10-16)11-18-19(17)23-24-20(18)22-15-5-2-4-14(21)12-15/h2,4-7,10,12H,3,8-9,11,21H2,1H3,(H2,22,23,24). The van der Waals surface area contributed by atoms with Crippen molar-refractivity contribution in [3.63, 3.8) is 0 Å². The van der Waals surface area contributed by atoms with Gasteiger partial charge in [-0.15, -0.1) is 0 Å². The molecule has 1 aliphatic rings. The zero-order chi connectivity index (χ0) is 17.9. The van der Waals surface area contributed by atoms with Crippen LogP contribution in [0, 0.1) is 0 Å². The summed E-state index contributed by atoms with van der Waals surface area (Å²) in [6, 6.07) is 14.6. The zero-order valence-electron chi connectivity index (χ0n) is 15.1. The van der Waals surface area contributed by atoms with Crippen molar-refractivity contribution in [1.82, 2.24) is 10.2 Å². The lowest BCUT2D eigenvalue weighted by Crippen LogP contribution is -2.03. The number of benzene rings is 2. The number of hydrogen-bond acceptors (Lipinski definition) is 4. The topological polar surface area (TPSA) is 59.2 Å². The van der Waals surface area contributed by atoms with E-state index in [0.29, 0.717) is 13.2 Å². The van der Waals surface area contributed by atoms with Crippen molar-refractivity contribution in [2.45, 2.75) is 12.8 Å². The molecule has 0 aliphatic heterocycles. The lowest BCUT2D eigenvalue weighted by molar-refractivity contribution is 0.172. The van der Waals surface area contributed by atoms with Gasteiger partial charge in [-0.25, -0.2) is 0 Å². The maximum atomic E-state index is 5.82. The molecule has 0 fully saturated rings. The molecule has 0 atom stereocenters. The smallest absolute Gasteiger partial charge is 0.139 e. The molecule has 0 radical (unpaired) electrons. The summed E-state index contributed by atoms with van der Waals surface area (Å²) in [5, 5.41) is 11.1. The monoisotopic (exact) mass is 347 g/mol. The van der Waals surface area contributed by atoms with E-state index in [9.17, 15) is 0 Å². The molecule has 0 saturated heterocycles. The number of aromatic nitrogens is 2. The molecule has 1 aromatic heterocycles. The Morgan fingerprint density at radius 3 is 2.96 bits per heavy atom. The van der Waals surface area contributed by atoms with Crippen LogP contribution in [0.15, 0.2) is 42.5 Å². The average Bonchev–Trinajstić information content (AvgIpc) is 3.18. The first-order chi connectivity index (χ1) is 12.7. The van der Waals surface area contributed by atoms with E-state index < -0.39 is 0 Å².